The zero-order valence-corrected chi connectivity index (χ0v) is 9.69. The van der Waals surface area contributed by atoms with Crippen LogP contribution in [0.4, 0.5) is 17.3 Å². The van der Waals surface area contributed by atoms with Gasteiger partial charge in [0.2, 0.25) is 0 Å². The Balaban J connectivity index is 2.13. The number of rotatable bonds is 1. The van der Waals surface area contributed by atoms with E-state index in [1.807, 2.05) is 12.1 Å². The monoisotopic (exact) mass is 221 g/mol. The highest BCUT2D eigenvalue weighted by molar-refractivity contribution is 5.62. The summed E-state index contributed by atoms with van der Waals surface area (Å²) in [5.41, 5.74) is 11.9. The van der Waals surface area contributed by atoms with Gasteiger partial charge in [0.05, 0.1) is 5.69 Å². The number of hydrogen-bond donors (Lipinski definition) is 2. The van der Waals surface area contributed by atoms with Crippen molar-refractivity contribution in [3.63, 3.8) is 0 Å². The first-order valence-electron chi connectivity index (χ1n) is 5.62. The molecule has 0 unspecified atom stereocenters. The van der Waals surface area contributed by atoms with Gasteiger partial charge in [0, 0.05) is 19.6 Å². The average molecular weight is 221 g/mol. The zero-order valence-electron chi connectivity index (χ0n) is 9.69. The molecule has 1 aliphatic rings. The Morgan fingerprint density at radius 1 is 1.12 bits per heavy atom. The molecule has 1 aliphatic heterocycles. The minimum atomic E-state index is 0.426. The highest BCUT2D eigenvalue weighted by Crippen LogP contribution is 2.19. The smallest absolute Gasteiger partial charge is 0.149 e. The van der Waals surface area contributed by atoms with Crippen LogP contribution in [0.5, 0.6) is 0 Å². The Morgan fingerprint density at radius 3 is 2.69 bits per heavy atom. The van der Waals surface area contributed by atoms with E-state index in [-0.39, 0.29) is 0 Å². The van der Waals surface area contributed by atoms with Crippen molar-refractivity contribution in [2.24, 2.45) is 0 Å². The minimum Gasteiger partial charge on any atom is -0.396 e. The molecule has 0 amide bonds. The van der Waals surface area contributed by atoms with Crippen LogP contribution in [0.2, 0.25) is 0 Å². The van der Waals surface area contributed by atoms with Gasteiger partial charge in [-0.25, -0.2) is 4.98 Å². The summed E-state index contributed by atoms with van der Waals surface area (Å²) in [6, 6.07) is 3.77. The Morgan fingerprint density at radius 2 is 1.94 bits per heavy atom. The van der Waals surface area contributed by atoms with Crippen LogP contribution in [0.3, 0.4) is 0 Å². The number of pyridine rings is 1. The Hall–Kier alpha value is -1.49. The van der Waals surface area contributed by atoms with E-state index in [9.17, 15) is 0 Å². The molecule has 1 saturated heterocycles. The summed E-state index contributed by atoms with van der Waals surface area (Å²) in [7, 11) is 2.15. The van der Waals surface area contributed by atoms with Gasteiger partial charge in [0.25, 0.3) is 0 Å². The van der Waals surface area contributed by atoms with Crippen molar-refractivity contribution in [2.45, 2.75) is 6.42 Å². The van der Waals surface area contributed by atoms with Gasteiger partial charge in [0.1, 0.15) is 11.6 Å². The topological polar surface area (TPSA) is 71.4 Å². The fourth-order valence-corrected chi connectivity index (χ4v) is 1.93. The SMILES string of the molecule is CN1CCCN(c2ccc(N)c(N)n2)CC1. The molecule has 0 radical (unpaired) electrons. The second kappa shape index (κ2) is 4.57. The fraction of sp³-hybridized carbons (Fsp3) is 0.545. The molecular weight excluding hydrogens is 202 g/mol. The molecule has 1 aromatic heterocycles. The zero-order chi connectivity index (χ0) is 11.5. The van der Waals surface area contributed by atoms with Gasteiger partial charge in [0.15, 0.2) is 0 Å². The molecule has 2 rings (SSSR count). The molecule has 88 valence electrons. The van der Waals surface area contributed by atoms with Crippen LogP contribution < -0.4 is 16.4 Å². The predicted octanol–water partition coefficient (Wildman–Crippen LogP) is 0.388. The highest BCUT2D eigenvalue weighted by atomic mass is 15.2. The van der Waals surface area contributed by atoms with E-state index in [2.05, 4.69) is 21.8 Å². The summed E-state index contributed by atoms with van der Waals surface area (Å²) in [6.07, 6.45) is 1.16. The summed E-state index contributed by atoms with van der Waals surface area (Å²) < 4.78 is 0. The van der Waals surface area contributed by atoms with Crippen LogP contribution in [0, 0.1) is 0 Å². The van der Waals surface area contributed by atoms with Crippen molar-refractivity contribution in [1.29, 1.82) is 0 Å². The number of aromatic nitrogens is 1. The molecule has 0 aliphatic carbocycles. The number of anilines is 3. The predicted molar refractivity (Wildman–Crippen MR) is 67.4 cm³/mol. The van der Waals surface area contributed by atoms with Crippen LogP contribution >= 0.6 is 0 Å². The number of nitrogens with zero attached hydrogens (tertiary/aromatic N) is 3. The second-order valence-electron chi connectivity index (χ2n) is 4.29. The molecule has 5 heteroatoms. The third-order valence-electron chi connectivity index (χ3n) is 2.99. The lowest BCUT2D eigenvalue weighted by atomic mass is 10.3. The summed E-state index contributed by atoms with van der Waals surface area (Å²) in [5.74, 6) is 1.36. The average Bonchev–Trinajstić information content (AvgIpc) is 2.47. The van der Waals surface area contributed by atoms with Crippen molar-refractivity contribution in [1.82, 2.24) is 9.88 Å². The molecule has 0 saturated carbocycles. The maximum absolute atomic E-state index is 5.72. The first-order chi connectivity index (χ1) is 7.66. The molecule has 1 fully saturated rings. The molecule has 0 atom stereocenters. The molecule has 4 N–H and O–H groups in total. The van der Waals surface area contributed by atoms with Crippen LogP contribution in [-0.4, -0.2) is 43.1 Å². The van der Waals surface area contributed by atoms with Gasteiger partial charge in [-0.3, -0.25) is 0 Å². The van der Waals surface area contributed by atoms with Crippen LogP contribution in [0.1, 0.15) is 6.42 Å². The van der Waals surface area contributed by atoms with Crippen molar-refractivity contribution in [3.8, 4) is 0 Å². The Bertz CT molecular complexity index is 365. The third kappa shape index (κ3) is 2.36. The molecule has 0 bridgehead atoms. The summed E-state index contributed by atoms with van der Waals surface area (Å²) in [4.78, 5) is 8.92. The molecular formula is C11H19N5. The quantitative estimate of drug-likeness (QED) is 0.717. The lowest BCUT2D eigenvalue weighted by Gasteiger charge is -2.22. The van der Waals surface area contributed by atoms with Gasteiger partial charge < -0.3 is 21.3 Å². The second-order valence-corrected chi connectivity index (χ2v) is 4.29. The van der Waals surface area contributed by atoms with E-state index in [1.54, 1.807) is 0 Å². The Labute approximate surface area is 96.0 Å². The van der Waals surface area contributed by atoms with Gasteiger partial charge in [-0.1, -0.05) is 0 Å². The summed E-state index contributed by atoms with van der Waals surface area (Å²) >= 11 is 0. The summed E-state index contributed by atoms with van der Waals surface area (Å²) in [5, 5.41) is 0. The van der Waals surface area contributed by atoms with E-state index >= 15 is 0 Å². The van der Waals surface area contributed by atoms with Crippen molar-refractivity contribution >= 4 is 17.3 Å². The molecule has 0 aromatic carbocycles. The first kappa shape index (κ1) is 11.0. The highest BCUT2D eigenvalue weighted by Gasteiger charge is 2.13. The van der Waals surface area contributed by atoms with Gasteiger partial charge >= 0.3 is 0 Å². The first-order valence-corrected chi connectivity index (χ1v) is 5.62. The van der Waals surface area contributed by atoms with E-state index in [1.165, 1.54) is 0 Å². The van der Waals surface area contributed by atoms with Crippen molar-refractivity contribution in [3.05, 3.63) is 12.1 Å². The Kier molecular flexibility index (Phi) is 3.14. The lowest BCUT2D eigenvalue weighted by molar-refractivity contribution is 0.360. The van der Waals surface area contributed by atoms with E-state index in [0.29, 0.717) is 11.5 Å². The maximum Gasteiger partial charge on any atom is 0.149 e. The van der Waals surface area contributed by atoms with Gasteiger partial charge in [-0.2, -0.15) is 0 Å². The molecule has 5 nitrogen and oxygen atoms in total. The van der Waals surface area contributed by atoms with Crippen LogP contribution in [0.25, 0.3) is 0 Å². The lowest BCUT2D eigenvalue weighted by Crippen LogP contribution is -2.29. The standard InChI is InChI=1S/C11H19N5/c1-15-5-2-6-16(8-7-15)10-4-3-9(12)11(13)14-10/h3-4H,2,5-8,12H2,1H3,(H2,13,14). The number of hydrogen-bond acceptors (Lipinski definition) is 5. The molecule has 1 aromatic rings. The van der Waals surface area contributed by atoms with Crippen LogP contribution in [0.15, 0.2) is 12.1 Å². The maximum atomic E-state index is 5.72. The largest absolute Gasteiger partial charge is 0.396 e. The summed E-state index contributed by atoms with van der Waals surface area (Å²) in [6.45, 7) is 4.22. The number of likely N-dealkylation sites (N-methyl/N-ethyl adjacent to an activating group) is 1. The van der Waals surface area contributed by atoms with Crippen molar-refractivity contribution < 1.29 is 0 Å². The van der Waals surface area contributed by atoms with Crippen LogP contribution in [-0.2, 0) is 0 Å². The number of nitrogens with two attached hydrogens (primary N) is 2. The third-order valence-corrected chi connectivity index (χ3v) is 2.99. The van der Waals surface area contributed by atoms with Gasteiger partial charge in [-0.05, 0) is 32.1 Å². The fourth-order valence-electron chi connectivity index (χ4n) is 1.93. The molecule has 0 spiro atoms. The van der Waals surface area contributed by atoms with Crippen molar-refractivity contribution in [2.75, 3.05) is 49.6 Å². The normalized spacial score (nSPS) is 18.4. The van der Waals surface area contributed by atoms with E-state index in [4.69, 9.17) is 11.5 Å². The number of nitrogen functional groups attached to an aromatic ring is 2. The van der Waals surface area contributed by atoms with Gasteiger partial charge in [-0.15, -0.1) is 0 Å². The molecule has 2 heterocycles. The van der Waals surface area contributed by atoms with E-state index < -0.39 is 0 Å². The molecule has 16 heavy (non-hydrogen) atoms. The van der Waals surface area contributed by atoms with E-state index in [0.717, 1.165) is 38.4 Å². The minimum absolute atomic E-state index is 0.426.